The maximum atomic E-state index is 11.9. The van der Waals surface area contributed by atoms with Gasteiger partial charge in [0.05, 0.1) is 15.7 Å². The summed E-state index contributed by atoms with van der Waals surface area (Å²) in [6.07, 6.45) is 6.67. The first-order valence-electron chi connectivity index (χ1n) is 6.58. The number of benzene rings is 1. The molecule has 0 aliphatic heterocycles. The third-order valence-electron chi connectivity index (χ3n) is 2.88. The molecule has 1 aromatic rings. The lowest BCUT2D eigenvalue weighted by Gasteiger charge is -2.08. The van der Waals surface area contributed by atoms with Gasteiger partial charge in [0.15, 0.2) is 0 Å². The van der Waals surface area contributed by atoms with Gasteiger partial charge in [-0.25, -0.2) is 0 Å². The normalized spacial score (nSPS) is 10.6. The highest BCUT2D eigenvalue weighted by atomic mass is 35.5. The number of hydrogen-bond donors (Lipinski definition) is 2. The summed E-state index contributed by atoms with van der Waals surface area (Å²) in [5.41, 5.74) is 6.45. The highest BCUT2D eigenvalue weighted by molar-refractivity contribution is 7.98. The van der Waals surface area contributed by atoms with E-state index >= 15 is 0 Å². The molecule has 0 bridgehead atoms. The van der Waals surface area contributed by atoms with E-state index in [9.17, 15) is 4.79 Å². The number of halogens is 2. The van der Waals surface area contributed by atoms with Crippen molar-refractivity contribution >= 4 is 46.6 Å². The number of carbonyl (C=O) groups excluding carboxylic acids is 1. The van der Waals surface area contributed by atoms with Crippen molar-refractivity contribution in [2.45, 2.75) is 25.7 Å². The monoisotopic (exact) mass is 334 g/mol. The molecule has 3 nitrogen and oxygen atoms in total. The third-order valence-corrected chi connectivity index (χ3v) is 4.39. The topological polar surface area (TPSA) is 55.1 Å². The SMILES string of the molecule is CSCCCCCCNC(=O)c1cc(N)c(Cl)c(Cl)c1. The molecule has 1 rings (SSSR count). The van der Waals surface area contributed by atoms with Gasteiger partial charge in [-0.05, 0) is 37.0 Å². The highest BCUT2D eigenvalue weighted by Crippen LogP contribution is 2.29. The maximum absolute atomic E-state index is 11.9. The summed E-state index contributed by atoms with van der Waals surface area (Å²) in [5, 5.41) is 3.45. The van der Waals surface area contributed by atoms with E-state index in [-0.39, 0.29) is 10.9 Å². The van der Waals surface area contributed by atoms with E-state index in [1.807, 2.05) is 11.8 Å². The summed E-state index contributed by atoms with van der Waals surface area (Å²) in [6, 6.07) is 3.08. The van der Waals surface area contributed by atoms with Crippen LogP contribution in [0.2, 0.25) is 10.0 Å². The molecule has 112 valence electrons. The van der Waals surface area contributed by atoms with Gasteiger partial charge in [-0.3, -0.25) is 4.79 Å². The molecule has 0 aromatic heterocycles. The average Bonchev–Trinajstić information content (AvgIpc) is 2.43. The number of nitrogens with one attached hydrogen (secondary N) is 1. The summed E-state index contributed by atoms with van der Waals surface area (Å²) in [4.78, 5) is 11.9. The highest BCUT2D eigenvalue weighted by Gasteiger charge is 2.10. The van der Waals surface area contributed by atoms with Gasteiger partial charge >= 0.3 is 0 Å². The number of rotatable bonds is 8. The smallest absolute Gasteiger partial charge is 0.251 e. The molecule has 0 aliphatic carbocycles. The van der Waals surface area contributed by atoms with Gasteiger partial charge in [-0.1, -0.05) is 36.0 Å². The average molecular weight is 335 g/mol. The number of carbonyl (C=O) groups is 1. The van der Waals surface area contributed by atoms with Gasteiger partial charge in [0, 0.05) is 12.1 Å². The minimum Gasteiger partial charge on any atom is -0.397 e. The minimum atomic E-state index is -0.167. The van der Waals surface area contributed by atoms with Crippen molar-refractivity contribution in [2.75, 3.05) is 24.3 Å². The molecule has 0 unspecified atom stereocenters. The number of unbranched alkanes of at least 4 members (excludes halogenated alkanes) is 3. The number of thioether (sulfide) groups is 1. The Labute approximate surface area is 134 Å². The first kappa shape index (κ1) is 17.5. The number of anilines is 1. The van der Waals surface area contributed by atoms with Crippen LogP contribution in [0.3, 0.4) is 0 Å². The largest absolute Gasteiger partial charge is 0.397 e. The van der Waals surface area contributed by atoms with Gasteiger partial charge < -0.3 is 11.1 Å². The van der Waals surface area contributed by atoms with Crippen molar-refractivity contribution < 1.29 is 4.79 Å². The fourth-order valence-corrected chi connectivity index (χ4v) is 2.60. The zero-order valence-electron chi connectivity index (χ0n) is 11.5. The van der Waals surface area contributed by atoms with E-state index in [0.717, 1.165) is 12.8 Å². The lowest BCUT2D eigenvalue weighted by Crippen LogP contribution is -2.24. The molecule has 0 heterocycles. The summed E-state index contributed by atoms with van der Waals surface area (Å²) >= 11 is 13.6. The van der Waals surface area contributed by atoms with Gasteiger partial charge in [0.1, 0.15) is 0 Å². The summed E-state index contributed by atoms with van der Waals surface area (Å²) < 4.78 is 0. The lowest BCUT2D eigenvalue weighted by atomic mass is 10.1. The van der Waals surface area contributed by atoms with Crippen LogP contribution < -0.4 is 11.1 Å². The summed E-state index contributed by atoms with van der Waals surface area (Å²) in [6.45, 7) is 0.665. The van der Waals surface area contributed by atoms with E-state index in [1.165, 1.54) is 24.7 Å². The van der Waals surface area contributed by atoms with Gasteiger partial charge in [0.25, 0.3) is 5.91 Å². The lowest BCUT2D eigenvalue weighted by molar-refractivity contribution is 0.0953. The fraction of sp³-hybridized carbons (Fsp3) is 0.500. The number of amides is 1. The maximum Gasteiger partial charge on any atom is 0.251 e. The molecule has 0 radical (unpaired) electrons. The Bertz CT molecular complexity index is 432. The molecule has 20 heavy (non-hydrogen) atoms. The molecule has 6 heteroatoms. The van der Waals surface area contributed by atoms with Crippen LogP contribution >= 0.6 is 35.0 Å². The van der Waals surface area contributed by atoms with Crippen LogP contribution in [0, 0.1) is 0 Å². The molecule has 1 aromatic carbocycles. The standard InChI is InChI=1S/C14H20Cl2N2OS/c1-20-7-5-3-2-4-6-18-14(19)10-8-11(15)13(16)12(17)9-10/h8-9H,2-7,17H2,1H3,(H,18,19). The van der Waals surface area contributed by atoms with Gasteiger partial charge in [-0.2, -0.15) is 11.8 Å². The van der Waals surface area contributed by atoms with Crippen molar-refractivity contribution in [3.63, 3.8) is 0 Å². The minimum absolute atomic E-state index is 0.167. The van der Waals surface area contributed by atoms with Crippen molar-refractivity contribution in [3.8, 4) is 0 Å². The Balaban J connectivity index is 2.33. The van der Waals surface area contributed by atoms with Crippen molar-refractivity contribution in [1.82, 2.24) is 5.32 Å². The van der Waals surface area contributed by atoms with E-state index in [1.54, 1.807) is 6.07 Å². The zero-order chi connectivity index (χ0) is 15.0. The van der Waals surface area contributed by atoms with E-state index in [2.05, 4.69) is 11.6 Å². The van der Waals surface area contributed by atoms with Crippen molar-refractivity contribution in [3.05, 3.63) is 27.7 Å². The van der Waals surface area contributed by atoms with Gasteiger partial charge in [0.2, 0.25) is 0 Å². The van der Waals surface area contributed by atoms with Crippen LogP contribution in [0.15, 0.2) is 12.1 Å². The molecule has 3 N–H and O–H groups in total. The predicted octanol–water partition coefficient (Wildman–Crippen LogP) is 4.23. The first-order chi connectivity index (χ1) is 9.56. The molecular weight excluding hydrogens is 315 g/mol. The van der Waals surface area contributed by atoms with Crippen LogP contribution in [0.4, 0.5) is 5.69 Å². The second kappa shape index (κ2) is 9.37. The molecule has 0 fully saturated rings. The molecule has 0 saturated heterocycles. The summed E-state index contributed by atoms with van der Waals surface area (Å²) in [7, 11) is 0. The van der Waals surface area contributed by atoms with Crippen LogP contribution in [0.5, 0.6) is 0 Å². The first-order valence-corrected chi connectivity index (χ1v) is 8.73. The van der Waals surface area contributed by atoms with Gasteiger partial charge in [-0.15, -0.1) is 0 Å². The van der Waals surface area contributed by atoms with Crippen LogP contribution in [-0.4, -0.2) is 24.5 Å². The molecule has 1 amide bonds. The Morgan fingerprint density at radius 2 is 1.95 bits per heavy atom. The fourth-order valence-electron chi connectivity index (χ4n) is 1.77. The molecule has 0 atom stereocenters. The number of nitrogens with two attached hydrogens (primary N) is 1. The Kier molecular flexibility index (Phi) is 8.19. The van der Waals surface area contributed by atoms with Crippen LogP contribution in [0.25, 0.3) is 0 Å². The summed E-state index contributed by atoms with van der Waals surface area (Å²) in [5.74, 6) is 1.04. The quantitative estimate of drug-likeness (QED) is 0.552. The van der Waals surface area contributed by atoms with Crippen molar-refractivity contribution in [2.24, 2.45) is 0 Å². The Hall–Kier alpha value is -0.580. The molecule has 0 aliphatic rings. The van der Waals surface area contributed by atoms with Crippen molar-refractivity contribution in [1.29, 1.82) is 0 Å². The van der Waals surface area contributed by atoms with E-state index in [4.69, 9.17) is 28.9 Å². The predicted molar refractivity (Wildman–Crippen MR) is 90.1 cm³/mol. The van der Waals surface area contributed by atoms with Crippen LogP contribution in [-0.2, 0) is 0 Å². The Morgan fingerprint density at radius 1 is 1.25 bits per heavy atom. The van der Waals surface area contributed by atoms with E-state index < -0.39 is 0 Å². The molecule has 0 saturated carbocycles. The Morgan fingerprint density at radius 3 is 2.60 bits per heavy atom. The molecule has 0 spiro atoms. The second-order valence-electron chi connectivity index (χ2n) is 4.52. The van der Waals surface area contributed by atoms with E-state index in [0.29, 0.717) is 22.8 Å². The zero-order valence-corrected chi connectivity index (χ0v) is 13.9. The number of nitrogen functional groups attached to an aromatic ring is 1. The van der Waals surface area contributed by atoms with Crippen LogP contribution in [0.1, 0.15) is 36.0 Å². The third kappa shape index (κ3) is 5.81. The number of hydrogen-bond acceptors (Lipinski definition) is 3. The second-order valence-corrected chi connectivity index (χ2v) is 6.29. The molecular formula is C14H20Cl2N2OS.